The number of piperidine rings is 1. The van der Waals surface area contributed by atoms with E-state index in [1.54, 1.807) is 0 Å². The fourth-order valence-corrected chi connectivity index (χ4v) is 2.78. The fraction of sp³-hybridized carbons (Fsp3) is 1.00. The molecular formula is C14H31N3O. The van der Waals surface area contributed by atoms with Crippen molar-refractivity contribution < 1.29 is 4.74 Å². The second-order valence-electron chi connectivity index (χ2n) is 5.68. The van der Waals surface area contributed by atoms with Crippen LogP contribution in [0.5, 0.6) is 0 Å². The first-order valence-corrected chi connectivity index (χ1v) is 7.29. The van der Waals surface area contributed by atoms with Crippen molar-refractivity contribution in [3.63, 3.8) is 0 Å². The third kappa shape index (κ3) is 3.92. The van der Waals surface area contributed by atoms with Crippen LogP contribution in [0, 0.1) is 0 Å². The van der Waals surface area contributed by atoms with Crippen molar-refractivity contribution in [3.05, 3.63) is 0 Å². The summed E-state index contributed by atoms with van der Waals surface area (Å²) in [5.74, 6) is 0. The van der Waals surface area contributed by atoms with Gasteiger partial charge in [-0.15, -0.1) is 0 Å². The van der Waals surface area contributed by atoms with Crippen LogP contribution in [0.4, 0.5) is 0 Å². The molecule has 1 rings (SSSR count). The molecular weight excluding hydrogens is 226 g/mol. The molecule has 0 unspecified atom stereocenters. The molecule has 1 aliphatic rings. The molecule has 1 saturated heterocycles. The average Bonchev–Trinajstić information content (AvgIpc) is 2.38. The van der Waals surface area contributed by atoms with Crippen LogP contribution < -0.4 is 5.73 Å². The summed E-state index contributed by atoms with van der Waals surface area (Å²) in [5, 5.41) is 0. The lowest BCUT2D eigenvalue weighted by Gasteiger charge is -2.48. The molecule has 0 aromatic rings. The van der Waals surface area contributed by atoms with Gasteiger partial charge < -0.3 is 15.4 Å². The highest BCUT2D eigenvalue weighted by atomic mass is 16.5. The Morgan fingerprint density at radius 1 is 1.33 bits per heavy atom. The molecule has 2 N–H and O–H groups in total. The maximum atomic E-state index is 6.06. The molecule has 0 saturated carbocycles. The van der Waals surface area contributed by atoms with Crippen molar-refractivity contribution in [2.24, 2.45) is 5.73 Å². The van der Waals surface area contributed by atoms with Gasteiger partial charge in [-0.3, -0.25) is 4.90 Å². The van der Waals surface area contributed by atoms with E-state index >= 15 is 0 Å². The summed E-state index contributed by atoms with van der Waals surface area (Å²) in [6.07, 6.45) is 2.34. The van der Waals surface area contributed by atoms with E-state index in [1.165, 1.54) is 12.8 Å². The van der Waals surface area contributed by atoms with Gasteiger partial charge in [0.15, 0.2) is 0 Å². The number of rotatable bonds is 7. The van der Waals surface area contributed by atoms with Crippen LogP contribution in [0.2, 0.25) is 0 Å². The maximum absolute atomic E-state index is 6.06. The van der Waals surface area contributed by atoms with Crippen molar-refractivity contribution >= 4 is 0 Å². The standard InChI is InChI=1S/C14H31N3O/c1-5-18-11-10-16(4)14(12-15)6-8-17(9-7-14)13(2)3/h13H,5-12,15H2,1-4H3. The summed E-state index contributed by atoms with van der Waals surface area (Å²) in [6.45, 7) is 12.2. The van der Waals surface area contributed by atoms with Crippen LogP contribution in [-0.4, -0.2) is 67.8 Å². The molecule has 0 spiro atoms. The molecule has 18 heavy (non-hydrogen) atoms. The van der Waals surface area contributed by atoms with Gasteiger partial charge in [-0.25, -0.2) is 0 Å². The van der Waals surface area contributed by atoms with E-state index in [1.807, 2.05) is 6.92 Å². The number of likely N-dealkylation sites (tertiary alicyclic amines) is 1. The fourth-order valence-electron chi connectivity index (χ4n) is 2.78. The first-order valence-electron chi connectivity index (χ1n) is 7.29. The summed E-state index contributed by atoms with van der Waals surface area (Å²) in [6, 6.07) is 0.648. The van der Waals surface area contributed by atoms with Crippen LogP contribution in [0.1, 0.15) is 33.6 Å². The van der Waals surface area contributed by atoms with Gasteiger partial charge >= 0.3 is 0 Å². The average molecular weight is 257 g/mol. The lowest BCUT2D eigenvalue weighted by Crippen LogP contribution is -2.59. The number of ether oxygens (including phenoxy) is 1. The topological polar surface area (TPSA) is 41.7 Å². The monoisotopic (exact) mass is 257 g/mol. The summed E-state index contributed by atoms with van der Waals surface area (Å²) in [7, 11) is 2.19. The Kier molecular flexibility index (Phi) is 6.57. The Bertz CT molecular complexity index is 225. The highest BCUT2D eigenvalue weighted by Crippen LogP contribution is 2.27. The Morgan fingerprint density at radius 3 is 2.39 bits per heavy atom. The molecule has 0 bridgehead atoms. The van der Waals surface area contributed by atoms with Crippen LogP contribution >= 0.6 is 0 Å². The van der Waals surface area contributed by atoms with Crippen LogP contribution in [0.3, 0.4) is 0 Å². The number of nitrogens with zero attached hydrogens (tertiary/aromatic N) is 2. The van der Waals surface area contributed by atoms with Gasteiger partial charge in [0.2, 0.25) is 0 Å². The van der Waals surface area contributed by atoms with Crippen molar-refractivity contribution in [2.45, 2.75) is 45.2 Å². The molecule has 4 heteroatoms. The van der Waals surface area contributed by atoms with Crippen LogP contribution in [-0.2, 0) is 4.74 Å². The van der Waals surface area contributed by atoms with Crippen LogP contribution in [0.25, 0.3) is 0 Å². The largest absolute Gasteiger partial charge is 0.380 e. The van der Waals surface area contributed by atoms with E-state index in [4.69, 9.17) is 10.5 Å². The SMILES string of the molecule is CCOCCN(C)C1(CN)CCN(C(C)C)CC1. The molecule has 0 aromatic carbocycles. The summed E-state index contributed by atoms with van der Waals surface area (Å²) in [5.41, 5.74) is 6.25. The predicted molar refractivity (Wildman–Crippen MR) is 76.9 cm³/mol. The minimum Gasteiger partial charge on any atom is -0.380 e. The van der Waals surface area contributed by atoms with Crippen LogP contribution in [0.15, 0.2) is 0 Å². The zero-order valence-electron chi connectivity index (χ0n) is 12.6. The molecule has 0 aliphatic carbocycles. The van der Waals surface area contributed by atoms with Crippen molar-refractivity contribution in [3.8, 4) is 0 Å². The molecule has 0 atom stereocenters. The number of likely N-dealkylation sites (N-methyl/N-ethyl adjacent to an activating group) is 1. The molecule has 0 radical (unpaired) electrons. The van der Waals surface area contributed by atoms with Crippen molar-refractivity contribution in [2.75, 3.05) is 46.4 Å². The highest BCUT2D eigenvalue weighted by molar-refractivity contribution is 4.95. The van der Waals surface area contributed by atoms with E-state index < -0.39 is 0 Å². The van der Waals surface area contributed by atoms with Gasteiger partial charge in [-0.05, 0) is 40.7 Å². The number of hydrogen-bond acceptors (Lipinski definition) is 4. The minimum atomic E-state index is 0.183. The molecule has 0 amide bonds. The van der Waals surface area contributed by atoms with Crippen molar-refractivity contribution in [1.82, 2.24) is 9.80 Å². The van der Waals surface area contributed by atoms with E-state index in [2.05, 4.69) is 30.7 Å². The third-order valence-electron chi connectivity index (χ3n) is 4.42. The van der Waals surface area contributed by atoms with E-state index in [-0.39, 0.29) is 5.54 Å². The van der Waals surface area contributed by atoms with E-state index in [0.29, 0.717) is 6.04 Å². The number of nitrogens with two attached hydrogens (primary N) is 1. The lowest BCUT2D eigenvalue weighted by molar-refractivity contribution is 0.0156. The Labute approximate surface area is 112 Å². The highest BCUT2D eigenvalue weighted by Gasteiger charge is 2.37. The summed E-state index contributed by atoms with van der Waals surface area (Å²) >= 11 is 0. The second-order valence-corrected chi connectivity index (χ2v) is 5.68. The second kappa shape index (κ2) is 7.43. The Hall–Kier alpha value is -0.160. The Morgan fingerprint density at radius 2 is 1.94 bits per heavy atom. The molecule has 1 aliphatic heterocycles. The smallest absolute Gasteiger partial charge is 0.0593 e. The Balaban J connectivity index is 2.48. The van der Waals surface area contributed by atoms with E-state index in [0.717, 1.165) is 39.4 Å². The summed E-state index contributed by atoms with van der Waals surface area (Å²) in [4.78, 5) is 4.96. The minimum absolute atomic E-state index is 0.183. The predicted octanol–water partition coefficient (Wildman–Crippen LogP) is 1.16. The zero-order valence-corrected chi connectivity index (χ0v) is 12.6. The van der Waals surface area contributed by atoms with E-state index in [9.17, 15) is 0 Å². The first kappa shape index (κ1) is 15.9. The quantitative estimate of drug-likeness (QED) is 0.695. The van der Waals surface area contributed by atoms with Gasteiger partial charge in [0.1, 0.15) is 0 Å². The van der Waals surface area contributed by atoms with Gasteiger partial charge in [-0.1, -0.05) is 0 Å². The maximum Gasteiger partial charge on any atom is 0.0593 e. The molecule has 1 heterocycles. The summed E-state index contributed by atoms with van der Waals surface area (Å²) < 4.78 is 5.45. The number of hydrogen-bond donors (Lipinski definition) is 1. The van der Waals surface area contributed by atoms with Gasteiger partial charge in [-0.2, -0.15) is 0 Å². The molecule has 1 fully saturated rings. The first-order chi connectivity index (χ1) is 8.55. The normalized spacial score (nSPS) is 20.8. The molecule has 4 nitrogen and oxygen atoms in total. The molecule has 0 aromatic heterocycles. The van der Waals surface area contributed by atoms with Gasteiger partial charge in [0, 0.05) is 44.4 Å². The molecule has 108 valence electrons. The zero-order chi connectivity index (χ0) is 13.6. The third-order valence-corrected chi connectivity index (χ3v) is 4.42. The van der Waals surface area contributed by atoms with Crippen molar-refractivity contribution in [1.29, 1.82) is 0 Å². The van der Waals surface area contributed by atoms with Gasteiger partial charge in [0.25, 0.3) is 0 Å². The lowest BCUT2D eigenvalue weighted by atomic mass is 9.85. The van der Waals surface area contributed by atoms with Gasteiger partial charge in [0.05, 0.1) is 6.61 Å².